The molecule has 0 fully saturated rings. The fraction of sp³-hybridized carbons (Fsp3) is 0.368. The van der Waals surface area contributed by atoms with E-state index in [9.17, 15) is 0 Å². The van der Waals surface area contributed by atoms with E-state index in [0.29, 0.717) is 11.8 Å². The van der Waals surface area contributed by atoms with Gasteiger partial charge in [0.25, 0.3) is 0 Å². The monoisotopic (exact) mass is 252 g/mol. The van der Waals surface area contributed by atoms with Crippen molar-refractivity contribution in [2.24, 2.45) is 0 Å². The maximum absolute atomic E-state index is 2.31. The molecule has 0 N–H and O–H groups in total. The first-order chi connectivity index (χ1) is 9.02. The Balaban J connectivity index is 2.71. The molecule has 0 bridgehead atoms. The third-order valence-electron chi connectivity index (χ3n) is 3.85. The van der Waals surface area contributed by atoms with E-state index >= 15 is 0 Å². The van der Waals surface area contributed by atoms with Crippen LogP contribution in [0.2, 0.25) is 0 Å². The Morgan fingerprint density at radius 1 is 0.684 bits per heavy atom. The second-order valence-corrected chi connectivity index (χ2v) is 5.92. The highest BCUT2D eigenvalue weighted by molar-refractivity contribution is 5.73. The molecule has 0 unspecified atom stereocenters. The van der Waals surface area contributed by atoms with Gasteiger partial charge in [0.2, 0.25) is 0 Å². The van der Waals surface area contributed by atoms with E-state index in [4.69, 9.17) is 0 Å². The Bertz CT molecular complexity index is 548. The van der Waals surface area contributed by atoms with Gasteiger partial charge < -0.3 is 0 Å². The van der Waals surface area contributed by atoms with Gasteiger partial charge >= 0.3 is 0 Å². The van der Waals surface area contributed by atoms with Gasteiger partial charge in [-0.05, 0) is 46.6 Å². The van der Waals surface area contributed by atoms with Crippen LogP contribution < -0.4 is 0 Å². The molecular weight excluding hydrogens is 228 g/mol. The summed E-state index contributed by atoms with van der Waals surface area (Å²) < 4.78 is 0. The Hall–Kier alpha value is -1.56. The van der Waals surface area contributed by atoms with Crippen LogP contribution in [-0.4, -0.2) is 0 Å². The summed E-state index contributed by atoms with van der Waals surface area (Å²) in [5.74, 6) is 1.12. The Morgan fingerprint density at radius 2 is 1.21 bits per heavy atom. The average molecular weight is 252 g/mol. The highest BCUT2D eigenvalue weighted by atomic mass is 14.2. The average Bonchev–Trinajstić information content (AvgIpc) is 2.38. The van der Waals surface area contributed by atoms with Crippen molar-refractivity contribution in [3.63, 3.8) is 0 Å². The van der Waals surface area contributed by atoms with E-state index in [0.717, 1.165) is 0 Å². The standard InChI is InChI=1S/C19H24/c1-13(2)17-11-12-18(14(3)4)19(15(17)5)16-9-7-6-8-10-16/h6-14H,1-5H3. The Morgan fingerprint density at radius 3 is 1.74 bits per heavy atom. The van der Waals surface area contributed by atoms with Crippen molar-refractivity contribution < 1.29 is 0 Å². The van der Waals surface area contributed by atoms with E-state index in [1.54, 1.807) is 0 Å². The summed E-state index contributed by atoms with van der Waals surface area (Å²) in [4.78, 5) is 0. The van der Waals surface area contributed by atoms with Gasteiger partial charge in [-0.15, -0.1) is 0 Å². The predicted octanol–water partition coefficient (Wildman–Crippen LogP) is 5.91. The first-order valence-corrected chi connectivity index (χ1v) is 7.21. The lowest BCUT2D eigenvalue weighted by Gasteiger charge is -2.20. The molecular formula is C19H24. The van der Waals surface area contributed by atoms with Crippen LogP contribution in [0.4, 0.5) is 0 Å². The van der Waals surface area contributed by atoms with Crippen LogP contribution >= 0.6 is 0 Å². The zero-order valence-electron chi connectivity index (χ0n) is 12.7. The molecule has 0 aliphatic rings. The van der Waals surface area contributed by atoms with Crippen LogP contribution in [0.1, 0.15) is 56.2 Å². The number of hydrogen-bond donors (Lipinski definition) is 0. The summed E-state index contributed by atoms with van der Waals surface area (Å²) in [5, 5.41) is 0. The fourth-order valence-corrected chi connectivity index (χ4v) is 2.84. The van der Waals surface area contributed by atoms with Crippen molar-refractivity contribution in [2.45, 2.75) is 46.5 Å². The summed E-state index contributed by atoms with van der Waals surface area (Å²) in [7, 11) is 0. The third kappa shape index (κ3) is 2.73. The fourth-order valence-electron chi connectivity index (χ4n) is 2.84. The number of benzene rings is 2. The molecule has 0 aliphatic carbocycles. The van der Waals surface area contributed by atoms with Crippen LogP contribution in [0.25, 0.3) is 11.1 Å². The van der Waals surface area contributed by atoms with Crippen LogP contribution in [0, 0.1) is 6.92 Å². The molecule has 0 nitrogen and oxygen atoms in total. The summed E-state index contributed by atoms with van der Waals surface area (Å²) >= 11 is 0. The van der Waals surface area contributed by atoms with Crippen molar-refractivity contribution in [1.82, 2.24) is 0 Å². The van der Waals surface area contributed by atoms with Gasteiger partial charge in [0.05, 0.1) is 0 Å². The SMILES string of the molecule is Cc1c(C(C)C)ccc(C(C)C)c1-c1ccccc1. The van der Waals surface area contributed by atoms with Crippen molar-refractivity contribution >= 4 is 0 Å². The van der Waals surface area contributed by atoms with Gasteiger partial charge in [-0.2, -0.15) is 0 Å². The molecule has 0 heterocycles. The van der Waals surface area contributed by atoms with Crippen LogP contribution in [0.15, 0.2) is 42.5 Å². The van der Waals surface area contributed by atoms with Gasteiger partial charge in [-0.3, -0.25) is 0 Å². The zero-order chi connectivity index (χ0) is 14.0. The van der Waals surface area contributed by atoms with E-state index < -0.39 is 0 Å². The number of rotatable bonds is 3. The van der Waals surface area contributed by atoms with Crippen molar-refractivity contribution in [3.8, 4) is 11.1 Å². The Kier molecular flexibility index (Phi) is 4.09. The molecule has 2 aromatic carbocycles. The van der Waals surface area contributed by atoms with E-state index in [-0.39, 0.29) is 0 Å². The minimum Gasteiger partial charge on any atom is -0.0622 e. The molecule has 0 spiro atoms. The highest BCUT2D eigenvalue weighted by Gasteiger charge is 2.15. The van der Waals surface area contributed by atoms with Gasteiger partial charge in [-0.1, -0.05) is 70.2 Å². The molecule has 0 atom stereocenters. The van der Waals surface area contributed by atoms with E-state index in [1.165, 1.54) is 27.8 Å². The van der Waals surface area contributed by atoms with Crippen LogP contribution in [0.3, 0.4) is 0 Å². The summed E-state index contributed by atoms with van der Waals surface area (Å²) in [6.45, 7) is 11.4. The Labute approximate surface area is 117 Å². The van der Waals surface area contributed by atoms with Gasteiger partial charge in [0.15, 0.2) is 0 Å². The number of hydrogen-bond acceptors (Lipinski definition) is 0. The minimum atomic E-state index is 0.551. The third-order valence-corrected chi connectivity index (χ3v) is 3.85. The van der Waals surface area contributed by atoms with Crippen molar-refractivity contribution in [2.75, 3.05) is 0 Å². The van der Waals surface area contributed by atoms with Gasteiger partial charge in [0, 0.05) is 0 Å². The maximum atomic E-state index is 2.31. The quantitative estimate of drug-likeness (QED) is 0.637. The molecule has 2 rings (SSSR count). The smallest absolute Gasteiger partial charge is 0.0117 e. The van der Waals surface area contributed by atoms with Crippen molar-refractivity contribution in [1.29, 1.82) is 0 Å². The second kappa shape index (κ2) is 5.61. The molecule has 19 heavy (non-hydrogen) atoms. The molecule has 0 amide bonds. The minimum absolute atomic E-state index is 0.551. The highest BCUT2D eigenvalue weighted by Crippen LogP contribution is 2.36. The van der Waals surface area contributed by atoms with E-state index in [2.05, 4.69) is 77.1 Å². The molecule has 0 heteroatoms. The molecule has 0 aromatic heterocycles. The van der Waals surface area contributed by atoms with Crippen LogP contribution in [0.5, 0.6) is 0 Å². The van der Waals surface area contributed by atoms with Gasteiger partial charge in [0.1, 0.15) is 0 Å². The summed E-state index contributed by atoms with van der Waals surface area (Å²) in [5.41, 5.74) is 7.12. The lowest BCUT2D eigenvalue weighted by atomic mass is 9.84. The second-order valence-electron chi connectivity index (χ2n) is 5.92. The van der Waals surface area contributed by atoms with Gasteiger partial charge in [-0.25, -0.2) is 0 Å². The molecule has 2 aromatic rings. The predicted molar refractivity (Wildman–Crippen MR) is 84.8 cm³/mol. The molecule has 0 aliphatic heterocycles. The first-order valence-electron chi connectivity index (χ1n) is 7.21. The van der Waals surface area contributed by atoms with Crippen LogP contribution in [-0.2, 0) is 0 Å². The molecule has 0 radical (unpaired) electrons. The lowest BCUT2D eigenvalue weighted by molar-refractivity contribution is 0.838. The molecule has 100 valence electrons. The first kappa shape index (κ1) is 13.9. The largest absolute Gasteiger partial charge is 0.0622 e. The zero-order valence-corrected chi connectivity index (χ0v) is 12.7. The lowest BCUT2D eigenvalue weighted by Crippen LogP contribution is -2.00. The van der Waals surface area contributed by atoms with E-state index in [1.807, 2.05) is 0 Å². The molecule has 0 saturated carbocycles. The normalized spacial score (nSPS) is 11.3. The van der Waals surface area contributed by atoms with Crippen molar-refractivity contribution in [3.05, 3.63) is 59.2 Å². The summed E-state index contributed by atoms with van der Waals surface area (Å²) in [6.07, 6.45) is 0. The molecule has 0 saturated heterocycles. The summed E-state index contributed by atoms with van der Waals surface area (Å²) in [6, 6.07) is 15.4. The maximum Gasteiger partial charge on any atom is -0.0117 e. The topological polar surface area (TPSA) is 0 Å².